The molecule has 0 aliphatic heterocycles. The van der Waals surface area contributed by atoms with E-state index in [-0.39, 0.29) is 5.97 Å². The van der Waals surface area contributed by atoms with E-state index in [0.29, 0.717) is 19.4 Å². The lowest BCUT2D eigenvalue weighted by Crippen LogP contribution is -2.22. The molecular formula is C15H30O3Si. The quantitative estimate of drug-likeness (QED) is 0.234. The van der Waals surface area contributed by atoms with Crippen molar-refractivity contribution in [1.29, 1.82) is 0 Å². The first-order valence-electron chi connectivity index (χ1n) is 7.55. The minimum Gasteiger partial charge on any atom is -0.466 e. The topological polar surface area (TPSA) is 43.4 Å². The number of carbonyl (C=O) groups excluding carboxylic acids is 2. The average Bonchev–Trinajstić information content (AvgIpc) is 2.31. The first-order chi connectivity index (χ1) is 8.95. The highest BCUT2D eigenvalue weighted by Crippen LogP contribution is 2.10. The monoisotopic (exact) mass is 286 g/mol. The highest BCUT2D eigenvalue weighted by atomic mass is 28.3. The highest BCUT2D eigenvalue weighted by Gasteiger charge is 2.13. The third-order valence-corrected chi connectivity index (χ3v) is 4.77. The van der Waals surface area contributed by atoms with E-state index in [1.807, 2.05) is 0 Å². The predicted octanol–water partition coefficient (Wildman–Crippen LogP) is 4.19. The number of ether oxygens (including phenoxy) is 1. The lowest BCUT2D eigenvalue weighted by molar-refractivity contribution is -0.143. The number of aldehydes is 1. The van der Waals surface area contributed by atoms with Gasteiger partial charge in [0.15, 0.2) is 0 Å². The molecule has 0 atom stereocenters. The van der Waals surface area contributed by atoms with Crippen LogP contribution in [-0.2, 0) is 14.3 Å². The van der Waals surface area contributed by atoms with Crippen molar-refractivity contribution in [3.8, 4) is 0 Å². The van der Waals surface area contributed by atoms with Gasteiger partial charge in [-0.3, -0.25) is 4.79 Å². The molecule has 0 fully saturated rings. The Bertz CT molecular complexity index is 246. The van der Waals surface area contributed by atoms with Crippen LogP contribution in [0, 0.1) is 0 Å². The maximum Gasteiger partial charge on any atom is 0.305 e. The van der Waals surface area contributed by atoms with E-state index in [0.717, 1.165) is 44.4 Å². The second-order valence-electron chi connectivity index (χ2n) is 6.36. The smallest absolute Gasteiger partial charge is 0.305 e. The number of esters is 1. The minimum absolute atomic E-state index is 0.0424. The maximum atomic E-state index is 11.5. The predicted molar refractivity (Wildman–Crippen MR) is 82.1 cm³/mol. The van der Waals surface area contributed by atoms with Gasteiger partial charge in [0.1, 0.15) is 6.29 Å². The summed E-state index contributed by atoms with van der Waals surface area (Å²) in [6, 6.07) is 1.05. The molecular weight excluding hydrogens is 256 g/mol. The van der Waals surface area contributed by atoms with Crippen molar-refractivity contribution in [1.82, 2.24) is 0 Å². The van der Waals surface area contributed by atoms with Crippen LogP contribution in [0.15, 0.2) is 0 Å². The number of rotatable bonds is 12. The van der Waals surface area contributed by atoms with Crippen molar-refractivity contribution < 1.29 is 14.3 Å². The molecule has 0 radical (unpaired) electrons. The number of unbranched alkanes of at least 4 members (excludes halogenated alkanes) is 6. The molecule has 112 valence electrons. The molecule has 0 aromatic heterocycles. The molecule has 0 aromatic rings. The molecule has 0 rings (SSSR count). The summed E-state index contributed by atoms with van der Waals surface area (Å²) in [5.74, 6) is -0.0424. The van der Waals surface area contributed by atoms with Gasteiger partial charge in [-0.2, -0.15) is 0 Å². The van der Waals surface area contributed by atoms with Crippen molar-refractivity contribution in [2.24, 2.45) is 0 Å². The second-order valence-corrected chi connectivity index (χ2v) is 12.0. The fourth-order valence-corrected chi connectivity index (χ4v) is 2.46. The fourth-order valence-electron chi connectivity index (χ4n) is 1.75. The Hall–Kier alpha value is -0.643. The SMILES string of the molecule is C[Si](C)(C)CCOC(=O)CCCCCCCCC=O. The van der Waals surface area contributed by atoms with Crippen molar-refractivity contribution in [3.63, 3.8) is 0 Å². The van der Waals surface area contributed by atoms with Gasteiger partial charge in [-0.05, 0) is 18.9 Å². The van der Waals surface area contributed by atoms with Gasteiger partial charge >= 0.3 is 5.97 Å². The van der Waals surface area contributed by atoms with Crippen molar-refractivity contribution in [3.05, 3.63) is 0 Å². The summed E-state index contributed by atoms with van der Waals surface area (Å²) in [7, 11) is -1.09. The highest BCUT2D eigenvalue weighted by molar-refractivity contribution is 6.76. The Labute approximate surface area is 119 Å². The summed E-state index contributed by atoms with van der Waals surface area (Å²) in [5.41, 5.74) is 0. The summed E-state index contributed by atoms with van der Waals surface area (Å²) in [4.78, 5) is 21.6. The molecule has 0 saturated heterocycles. The fraction of sp³-hybridized carbons (Fsp3) is 0.867. The summed E-state index contributed by atoms with van der Waals surface area (Å²) < 4.78 is 5.23. The molecule has 0 aliphatic carbocycles. The van der Waals surface area contributed by atoms with Crippen molar-refractivity contribution >= 4 is 20.3 Å². The van der Waals surface area contributed by atoms with Crippen LogP contribution in [0.25, 0.3) is 0 Å². The van der Waals surface area contributed by atoms with E-state index >= 15 is 0 Å². The van der Waals surface area contributed by atoms with E-state index in [1.54, 1.807) is 0 Å². The molecule has 4 heteroatoms. The van der Waals surface area contributed by atoms with E-state index in [4.69, 9.17) is 4.74 Å². The van der Waals surface area contributed by atoms with E-state index in [1.165, 1.54) is 6.42 Å². The number of hydrogen-bond acceptors (Lipinski definition) is 3. The van der Waals surface area contributed by atoms with E-state index < -0.39 is 8.07 Å². The molecule has 0 amide bonds. The first kappa shape index (κ1) is 18.4. The van der Waals surface area contributed by atoms with Gasteiger partial charge in [0, 0.05) is 20.9 Å². The van der Waals surface area contributed by atoms with Crippen LogP contribution in [0.3, 0.4) is 0 Å². The molecule has 0 unspecified atom stereocenters. The molecule has 0 spiro atoms. The van der Waals surface area contributed by atoms with Crippen molar-refractivity contribution in [2.45, 2.75) is 77.1 Å². The van der Waals surface area contributed by atoms with Crippen LogP contribution in [0.1, 0.15) is 51.4 Å². The summed E-state index contributed by atoms with van der Waals surface area (Å²) in [6.07, 6.45) is 8.69. The van der Waals surface area contributed by atoms with Crippen LogP contribution < -0.4 is 0 Å². The largest absolute Gasteiger partial charge is 0.466 e. The lowest BCUT2D eigenvalue weighted by Gasteiger charge is -2.15. The van der Waals surface area contributed by atoms with E-state index in [2.05, 4.69) is 19.6 Å². The zero-order valence-electron chi connectivity index (χ0n) is 12.9. The molecule has 0 saturated carbocycles. The van der Waals surface area contributed by atoms with Crippen LogP contribution in [0.5, 0.6) is 0 Å². The van der Waals surface area contributed by atoms with Gasteiger partial charge in [-0.15, -0.1) is 0 Å². The Morgan fingerprint density at radius 2 is 1.58 bits per heavy atom. The zero-order valence-corrected chi connectivity index (χ0v) is 13.9. The molecule has 19 heavy (non-hydrogen) atoms. The van der Waals surface area contributed by atoms with Gasteiger partial charge in [0.25, 0.3) is 0 Å². The number of carbonyl (C=O) groups is 2. The molecule has 0 aromatic carbocycles. The summed E-state index contributed by atoms with van der Waals surface area (Å²) >= 11 is 0. The second kappa shape index (κ2) is 11.2. The van der Waals surface area contributed by atoms with Gasteiger partial charge in [0.2, 0.25) is 0 Å². The Kier molecular flexibility index (Phi) is 10.8. The van der Waals surface area contributed by atoms with Gasteiger partial charge in [-0.1, -0.05) is 45.3 Å². The first-order valence-corrected chi connectivity index (χ1v) is 11.3. The van der Waals surface area contributed by atoms with Gasteiger partial charge in [-0.25, -0.2) is 0 Å². The Morgan fingerprint density at radius 1 is 1.00 bits per heavy atom. The van der Waals surface area contributed by atoms with Crippen LogP contribution in [0.4, 0.5) is 0 Å². The Balaban J connectivity index is 3.27. The molecule has 0 bridgehead atoms. The Morgan fingerprint density at radius 3 is 2.16 bits per heavy atom. The maximum absolute atomic E-state index is 11.5. The zero-order chi connectivity index (χ0) is 14.6. The average molecular weight is 286 g/mol. The third-order valence-electron chi connectivity index (χ3n) is 3.07. The third kappa shape index (κ3) is 15.3. The van der Waals surface area contributed by atoms with Crippen molar-refractivity contribution in [2.75, 3.05) is 6.61 Å². The summed E-state index contributed by atoms with van der Waals surface area (Å²) in [5, 5.41) is 0. The molecule has 0 heterocycles. The van der Waals surface area contributed by atoms with Crippen LogP contribution in [-0.4, -0.2) is 26.9 Å². The molecule has 0 aliphatic rings. The van der Waals surface area contributed by atoms with Gasteiger partial charge in [0.05, 0.1) is 6.61 Å². The lowest BCUT2D eigenvalue weighted by atomic mass is 10.1. The van der Waals surface area contributed by atoms with Gasteiger partial charge < -0.3 is 9.53 Å². The van der Waals surface area contributed by atoms with Crippen LogP contribution >= 0.6 is 0 Å². The molecule has 3 nitrogen and oxygen atoms in total. The van der Waals surface area contributed by atoms with Crippen LogP contribution in [0.2, 0.25) is 25.7 Å². The standard InChI is InChI=1S/C15H30O3Si/c1-19(2,3)14-13-18-15(17)11-9-7-5-4-6-8-10-12-16/h12H,4-11,13-14H2,1-3H3. The van der Waals surface area contributed by atoms with E-state index in [9.17, 15) is 9.59 Å². The molecule has 0 N–H and O–H groups in total. The minimum atomic E-state index is -1.09. The normalized spacial score (nSPS) is 11.3. The summed E-state index contributed by atoms with van der Waals surface area (Å²) in [6.45, 7) is 7.45. The number of hydrogen-bond donors (Lipinski definition) is 0.